The normalized spacial score (nSPS) is 24.6. The third kappa shape index (κ3) is 4.58. The zero-order chi connectivity index (χ0) is 20.4. The Labute approximate surface area is 152 Å². The molecule has 1 aromatic heterocycles. The Morgan fingerprint density at radius 1 is 1.19 bits per heavy atom. The summed E-state index contributed by atoms with van der Waals surface area (Å²) in [6.45, 7) is 0. The first-order valence-electron chi connectivity index (χ1n) is 8.36. The van der Waals surface area contributed by atoms with Gasteiger partial charge in [-0.3, -0.25) is 4.79 Å². The molecule has 27 heavy (non-hydrogen) atoms. The molecule has 0 spiro atoms. The minimum absolute atomic E-state index is 0.0762. The maximum atomic E-state index is 12.7. The van der Waals surface area contributed by atoms with Crippen LogP contribution in [-0.2, 0) is 16.6 Å². The molecule has 3 unspecified atom stereocenters. The Balaban J connectivity index is 0.000000321. The molecular weight excluding hydrogens is 371 g/mol. The van der Waals surface area contributed by atoms with Crippen LogP contribution in [0.2, 0.25) is 0 Å². The van der Waals surface area contributed by atoms with Crippen molar-refractivity contribution in [2.75, 3.05) is 0 Å². The van der Waals surface area contributed by atoms with E-state index < -0.39 is 24.2 Å². The van der Waals surface area contributed by atoms with Crippen molar-refractivity contribution in [1.82, 2.24) is 14.5 Å². The number of aliphatic carboxylic acids is 2. The maximum Gasteiger partial charge on any atom is 0.490 e. The summed E-state index contributed by atoms with van der Waals surface area (Å²) in [4.78, 5) is 38.7. The summed E-state index contributed by atoms with van der Waals surface area (Å²) in [6, 6.07) is -0.613. The summed E-state index contributed by atoms with van der Waals surface area (Å²) in [5, 5.41) is 16.6. The monoisotopic (exact) mass is 391 g/mol. The van der Waals surface area contributed by atoms with Gasteiger partial charge >= 0.3 is 18.1 Å². The number of imidazole rings is 1. The molecule has 1 aromatic rings. The third-order valence-electron chi connectivity index (χ3n) is 4.89. The van der Waals surface area contributed by atoms with E-state index in [1.807, 2.05) is 0 Å². The first kappa shape index (κ1) is 20.7. The van der Waals surface area contributed by atoms with Gasteiger partial charge in [0.1, 0.15) is 11.7 Å². The molecule has 0 radical (unpaired) electrons. The van der Waals surface area contributed by atoms with Crippen LogP contribution in [0, 0.1) is 5.92 Å². The summed E-state index contributed by atoms with van der Waals surface area (Å²) in [6.07, 6.45) is 2.74. The number of halogens is 3. The second-order valence-corrected chi connectivity index (χ2v) is 6.61. The van der Waals surface area contributed by atoms with Gasteiger partial charge in [0.05, 0.1) is 12.5 Å². The number of hydrogen-bond acceptors (Lipinski definition) is 4. The predicted molar refractivity (Wildman–Crippen MR) is 84.9 cm³/mol. The Kier molecular flexibility index (Phi) is 6.11. The van der Waals surface area contributed by atoms with Crippen molar-refractivity contribution in [3.63, 3.8) is 0 Å². The number of aromatic nitrogens is 2. The van der Waals surface area contributed by atoms with Gasteiger partial charge in [-0.15, -0.1) is 0 Å². The van der Waals surface area contributed by atoms with E-state index in [9.17, 15) is 27.9 Å². The molecule has 150 valence electrons. The average molecular weight is 391 g/mol. The lowest BCUT2D eigenvalue weighted by Crippen LogP contribution is -2.46. The molecule has 2 N–H and O–H groups in total. The van der Waals surface area contributed by atoms with E-state index in [2.05, 4.69) is 4.98 Å². The fourth-order valence-electron chi connectivity index (χ4n) is 3.67. The first-order chi connectivity index (χ1) is 12.5. The number of carboxylic acids is 2. The molecule has 3 atom stereocenters. The van der Waals surface area contributed by atoms with Crippen LogP contribution < -0.4 is 0 Å². The Morgan fingerprint density at radius 2 is 1.78 bits per heavy atom. The molecule has 11 heteroatoms. The second-order valence-electron chi connectivity index (χ2n) is 6.61. The number of fused-ring (bicyclic) bond motifs is 1. The number of amides is 1. The highest BCUT2D eigenvalue weighted by atomic mass is 19.4. The van der Waals surface area contributed by atoms with E-state index in [1.165, 1.54) is 6.20 Å². The predicted octanol–water partition coefficient (Wildman–Crippen LogP) is 1.91. The van der Waals surface area contributed by atoms with Crippen LogP contribution in [0.15, 0.2) is 12.5 Å². The minimum Gasteiger partial charge on any atom is -0.480 e. The Bertz CT molecular complexity index is 718. The van der Waals surface area contributed by atoms with Gasteiger partial charge in [-0.25, -0.2) is 14.6 Å². The zero-order valence-electron chi connectivity index (χ0n) is 14.5. The van der Waals surface area contributed by atoms with Crippen LogP contribution >= 0.6 is 0 Å². The summed E-state index contributed by atoms with van der Waals surface area (Å²) >= 11 is 0. The summed E-state index contributed by atoms with van der Waals surface area (Å²) in [5.41, 5.74) is 0.461. The second kappa shape index (κ2) is 7.97. The van der Waals surface area contributed by atoms with E-state index in [-0.39, 0.29) is 11.9 Å². The van der Waals surface area contributed by atoms with Gasteiger partial charge in [0.15, 0.2) is 0 Å². The number of likely N-dealkylation sites (tertiary alicyclic amines) is 1. The third-order valence-corrected chi connectivity index (χ3v) is 4.89. The van der Waals surface area contributed by atoms with E-state index >= 15 is 0 Å². The molecule has 0 aromatic carbocycles. The zero-order valence-corrected chi connectivity index (χ0v) is 14.5. The SMILES string of the molecule is Cn1cncc1C(=O)N1C(C(=O)O)CC2CCCCC21.O=C(O)C(F)(F)F. The largest absolute Gasteiger partial charge is 0.490 e. The standard InChI is InChI=1S/C14H19N3O3.C2HF3O2/c1-16-8-15-7-12(16)13(18)17-10-5-3-2-4-9(10)6-11(17)14(19)20;3-2(4,5)1(6)7/h7-11H,2-6H2,1H3,(H,19,20);(H,6,7). The Morgan fingerprint density at radius 3 is 2.26 bits per heavy atom. The Hall–Kier alpha value is -2.59. The lowest BCUT2D eigenvalue weighted by molar-refractivity contribution is -0.192. The maximum absolute atomic E-state index is 12.7. The van der Waals surface area contributed by atoms with Crippen LogP contribution in [0.5, 0.6) is 0 Å². The smallest absolute Gasteiger partial charge is 0.480 e. The number of carboxylic acid groups (broad SMARTS) is 2. The van der Waals surface area contributed by atoms with Crippen molar-refractivity contribution in [2.24, 2.45) is 13.0 Å². The molecule has 0 bridgehead atoms. The van der Waals surface area contributed by atoms with Crippen LogP contribution in [-0.4, -0.2) is 60.8 Å². The van der Waals surface area contributed by atoms with Gasteiger partial charge in [0.25, 0.3) is 5.91 Å². The quantitative estimate of drug-likeness (QED) is 0.796. The molecule has 1 amide bonds. The molecule has 2 fully saturated rings. The number of carbonyl (C=O) groups excluding carboxylic acids is 1. The van der Waals surface area contributed by atoms with Crippen LogP contribution in [0.3, 0.4) is 0 Å². The van der Waals surface area contributed by atoms with Gasteiger partial charge < -0.3 is 19.7 Å². The highest BCUT2D eigenvalue weighted by Crippen LogP contribution is 2.40. The summed E-state index contributed by atoms with van der Waals surface area (Å²) in [7, 11) is 1.75. The first-order valence-corrected chi connectivity index (χ1v) is 8.36. The van der Waals surface area contributed by atoms with Gasteiger partial charge in [-0.1, -0.05) is 12.8 Å². The topological polar surface area (TPSA) is 113 Å². The fraction of sp³-hybridized carbons (Fsp3) is 0.625. The molecule has 1 saturated heterocycles. The summed E-state index contributed by atoms with van der Waals surface area (Å²) < 4.78 is 33.4. The van der Waals surface area contributed by atoms with Gasteiger partial charge in [0.2, 0.25) is 0 Å². The van der Waals surface area contributed by atoms with E-state index in [4.69, 9.17) is 9.90 Å². The van der Waals surface area contributed by atoms with E-state index in [1.54, 1.807) is 22.8 Å². The van der Waals surface area contributed by atoms with Crippen molar-refractivity contribution in [3.05, 3.63) is 18.2 Å². The van der Waals surface area contributed by atoms with Crippen molar-refractivity contribution in [3.8, 4) is 0 Å². The molecule has 1 saturated carbocycles. The van der Waals surface area contributed by atoms with Gasteiger partial charge in [0, 0.05) is 13.1 Å². The van der Waals surface area contributed by atoms with Crippen molar-refractivity contribution in [2.45, 2.75) is 50.4 Å². The molecule has 2 aliphatic rings. The number of aryl methyl sites for hydroxylation is 1. The van der Waals surface area contributed by atoms with Crippen molar-refractivity contribution < 1.29 is 37.8 Å². The minimum atomic E-state index is -5.08. The molecular formula is C16H20F3N3O5. The van der Waals surface area contributed by atoms with Crippen molar-refractivity contribution >= 4 is 17.8 Å². The van der Waals surface area contributed by atoms with Crippen LogP contribution in [0.1, 0.15) is 42.6 Å². The van der Waals surface area contributed by atoms with Gasteiger partial charge in [-0.05, 0) is 25.2 Å². The molecule has 8 nitrogen and oxygen atoms in total. The van der Waals surface area contributed by atoms with Crippen LogP contribution in [0.25, 0.3) is 0 Å². The number of nitrogens with zero attached hydrogens (tertiary/aromatic N) is 3. The number of alkyl halides is 3. The fourth-order valence-corrected chi connectivity index (χ4v) is 3.67. The van der Waals surface area contributed by atoms with Crippen LogP contribution in [0.4, 0.5) is 13.2 Å². The average Bonchev–Trinajstić information content (AvgIpc) is 3.17. The molecule has 2 heterocycles. The highest BCUT2D eigenvalue weighted by Gasteiger charge is 2.48. The highest BCUT2D eigenvalue weighted by molar-refractivity contribution is 5.95. The molecule has 1 aliphatic heterocycles. The van der Waals surface area contributed by atoms with E-state index in [0.717, 1.165) is 25.7 Å². The lowest BCUT2D eigenvalue weighted by Gasteiger charge is -2.32. The summed E-state index contributed by atoms with van der Waals surface area (Å²) in [5.74, 6) is -3.52. The molecule has 3 rings (SSSR count). The lowest BCUT2D eigenvalue weighted by atomic mass is 9.84. The number of rotatable bonds is 2. The number of hydrogen-bond donors (Lipinski definition) is 2. The molecule has 1 aliphatic carbocycles. The van der Waals surface area contributed by atoms with Crippen molar-refractivity contribution in [1.29, 1.82) is 0 Å². The number of carbonyl (C=O) groups is 3. The van der Waals surface area contributed by atoms with E-state index in [0.29, 0.717) is 18.0 Å². The van der Waals surface area contributed by atoms with Gasteiger partial charge in [-0.2, -0.15) is 13.2 Å².